The molecule has 2 aliphatic heterocycles. The number of nitrogens with one attached hydrogen (secondary N) is 1. The largest absolute Gasteiger partial charge is 0.402 e. The van der Waals surface area contributed by atoms with E-state index in [1.165, 1.54) is 16.8 Å². The van der Waals surface area contributed by atoms with Gasteiger partial charge in [-0.15, -0.1) is 0 Å². The topological polar surface area (TPSA) is 87.2 Å². The molecule has 2 bridgehead atoms. The zero-order chi connectivity index (χ0) is 11.2. The molecule has 0 aromatic heterocycles. The van der Waals surface area contributed by atoms with Crippen LogP contribution < -0.4 is 5.73 Å². The molecule has 3 N–H and O–H groups in total. The van der Waals surface area contributed by atoms with Gasteiger partial charge in [0.1, 0.15) is 0 Å². The number of fused-ring (bicyclic) bond motifs is 2. The molecular weight excluding hydrogens is 214 g/mol. The lowest BCUT2D eigenvalue weighted by Gasteiger charge is -2.33. The second-order valence-corrected chi connectivity index (χ2v) is 6.06. The highest BCUT2D eigenvalue weighted by Gasteiger charge is 2.44. The molecule has 1 fully saturated rings. The van der Waals surface area contributed by atoms with E-state index in [0.717, 1.165) is 12.8 Å². The van der Waals surface area contributed by atoms with E-state index in [-0.39, 0.29) is 12.1 Å². The lowest BCUT2D eigenvalue weighted by atomic mass is 10.0. The molecule has 6 heteroatoms. The zero-order valence-corrected chi connectivity index (χ0v) is 9.42. The standard InChI is InChI=1S/C9H15N3O2S/c1-15(13,14)12-6-2-3-9(12)7(5-10)8(11)4-6/h5-6,9-10H,2-4,11H2,1H3. The van der Waals surface area contributed by atoms with Crippen molar-refractivity contribution in [1.29, 1.82) is 5.41 Å². The van der Waals surface area contributed by atoms with Crippen LogP contribution in [0.2, 0.25) is 0 Å². The summed E-state index contributed by atoms with van der Waals surface area (Å²) in [4.78, 5) is 0. The predicted octanol–water partition coefficient (Wildman–Crippen LogP) is 0.0451. The maximum absolute atomic E-state index is 11.6. The summed E-state index contributed by atoms with van der Waals surface area (Å²) in [5.74, 6) is 0. The maximum atomic E-state index is 11.6. The van der Waals surface area contributed by atoms with Gasteiger partial charge in [0.15, 0.2) is 0 Å². The molecule has 5 nitrogen and oxygen atoms in total. The minimum atomic E-state index is -3.19. The van der Waals surface area contributed by atoms with Gasteiger partial charge in [-0.25, -0.2) is 8.42 Å². The molecule has 2 atom stereocenters. The monoisotopic (exact) mass is 229 g/mol. The van der Waals surface area contributed by atoms with Crippen molar-refractivity contribution in [2.24, 2.45) is 5.73 Å². The van der Waals surface area contributed by atoms with E-state index >= 15 is 0 Å². The smallest absolute Gasteiger partial charge is 0.212 e. The van der Waals surface area contributed by atoms with Gasteiger partial charge in [-0.3, -0.25) is 0 Å². The summed E-state index contributed by atoms with van der Waals surface area (Å²) in [5, 5.41) is 7.29. The van der Waals surface area contributed by atoms with E-state index < -0.39 is 10.0 Å². The summed E-state index contributed by atoms with van der Waals surface area (Å²) in [5.41, 5.74) is 7.18. The Balaban J connectivity index is 2.46. The Labute approximate surface area is 89.5 Å². The Morgan fingerprint density at radius 1 is 1.53 bits per heavy atom. The third kappa shape index (κ3) is 1.57. The van der Waals surface area contributed by atoms with Crippen molar-refractivity contribution in [2.75, 3.05) is 6.26 Å². The van der Waals surface area contributed by atoms with Crippen molar-refractivity contribution in [2.45, 2.75) is 31.3 Å². The Hall–Kier alpha value is -0.880. The SMILES string of the molecule is CS(=O)(=O)N1C2CCC1C(C=N)=C(N)C2. The first kappa shape index (κ1) is 10.6. The van der Waals surface area contributed by atoms with Gasteiger partial charge >= 0.3 is 0 Å². The minimum Gasteiger partial charge on any atom is -0.402 e. The van der Waals surface area contributed by atoms with E-state index in [9.17, 15) is 8.42 Å². The van der Waals surface area contributed by atoms with Gasteiger partial charge in [0.25, 0.3) is 0 Å². The Morgan fingerprint density at radius 3 is 2.73 bits per heavy atom. The van der Waals surface area contributed by atoms with Crippen LogP contribution in [-0.4, -0.2) is 37.3 Å². The van der Waals surface area contributed by atoms with Crippen LogP contribution in [0.25, 0.3) is 0 Å². The Kier molecular flexibility index (Phi) is 2.35. The number of nitrogens with two attached hydrogens (primary N) is 1. The van der Waals surface area contributed by atoms with Gasteiger partial charge in [0.2, 0.25) is 10.0 Å². The molecule has 0 aromatic carbocycles. The van der Waals surface area contributed by atoms with E-state index in [1.54, 1.807) is 0 Å². The van der Waals surface area contributed by atoms with Crippen LogP contribution in [0.3, 0.4) is 0 Å². The molecule has 0 saturated carbocycles. The first-order valence-corrected chi connectivity index (χ1v) is 6.77. The van der Waals surface area contributed by atoms with E-state index in [2.05, 4.69) is 0 Å². The quantitative estimate of drug-likeness (QED) is 0.656. The van der Waals surface area contributed by atoms with Crippen LogP contribution >= 0.6 is 0 Å². The summed E-state index contributed by atoms with van der Waals surface area (Å²) < 4.78 is 24.7. The average Bonchev–Trinajstić information content (AvgIpc) is 2.43. The van der Waals surface area contributed by atoms with Crippen LogP contribution in [0.15, 0.2) is 11.3 Å². The molecule has 1 saturated heterocycles. The number of hydrogen-bond acceptors (Lipinski definition) is 4. The molecule has 0 amide bonds. The minimum absolute atomic E-state index is 0.00806. The van der Waals surface area contributed by atoms with Crippen molar-refractivity contribution in [1.82, 2.24) is 4.31 Å². The lowest BCUT2D eigenvalue weighted by molar-refractivity contribution is 0.330. The highest BCUT2D eigenvalue weighted by atomic mass is 32.2. The van der Waals surface area contributed by atoms with Gasteiger partial charge < -0.3 is 11.1 Å². The van der Waals surface area contributed by atoms with Gasteiger partial charge in [-0.1, -0.05) is 0 Å². The summed E-state index contributed by atoms with van der Waals surface area (Å²) in [7, 11) is -3.19. The second kappa shape index (κ2) is 3.31. The van der Waals surface area contributed by atoms with Gasteiger partial charge in [0.05, 0.1) is 12.3 Å². The molecule has 2 aliphatic rings. The number of rotatable bonds is 2. The first-order valence-electron chi connectivity index (χ1n) is 4.92. The van der Waals surface area contributed by atoms with Crippen molar-refractivity contribution in [3.8, 4) is 0 Å². The number of hydrogen-bond donors (Lipinski definition) is 2. The summed E-state index contributed by atoms with van der Waals surface area (Å²) >= 11 is 0. The Bertz CT molecular complexity index is 427. The molecule has 2 unspecified atom stereocenters. The Morgan fingerprint density at radius 2 is 2.20 bits per heavy atom. The van der Waals surface area contributed by atoms with E-state index in [1.807, 2.05) is 0 Å². The predicted molar refractivity (Wildman–Crippen MR) is 58.1 cm³/mol. The van der Waals surface area contributed by atoms with Crippen LogP contribution in [0.5, 0.6) is 0 Å². The fraction of sp³-hybridized carbons (Fsp3) is 0.667. The number of nitrogens with zero attached hydrogens (tertiary/aromatic N) is 1. The molecular formula is C9H15N3O2S. The van der Waals surface area contributed by atoms with Crippen LogP contribution in [0, 0.1) is 5.41 Å². The van der Waals surface area contributed by atoms with Crippen molar-refractivity contribution >= 4 is 16.2 Å². The fourth-order valence-electron chi connectivity index (χ4n) is 2.62. The number of sulfonamides is 1. The highest BCUT2D eigenvalue weighted by Crippen LogP contribution is 2.38. The molecule has 0 aliphatic carbocycles. The first-order chi connectivity index (χ1) is 6.95. The molecule has 0 aromatic rings. The van der Waals surface area contributed by atoms with Gasteiger partial charge in [-0.05, 0) is 12.8 Å². The summed E-state index contributed by atoms with van der Waals surface area (Å²) in [6, 6.07) is -0.190. The van der Waals surface area contributed by atoms with Crippen molar-refractivity contribution in [3.05, 3.63) is 11.3 Å². The van der Waals surface area contributed by atoms with Crippen molar-refractivity contribution in [3.63, 3.8) is 0 Å². The highest BCUT2D eigenvalue weighted by molar-refractivity contribution is 7.88. The molecule has 84 valence electrons. The molecule has 2 heterocycles. The molecule has 0 spiro atoms. The third-order valence-electron chi connectivity index (χ3n) is 3.16. The van der Waals surface area contributed by atoms with Crippen molar-refractivity contribution < 1.29 is 8.42 Å². The fourth-order valence-corrected chi connectivity index (χ4v) is 4.02. The van der Waals surface area contributed by atoms with Crippen LogP contribution in [0.1, 0.15) is 19.3 Å². The third-order valence-corrected chi connectivity index (χ3v) is 4.48. The zero-order valence-electron chi connectivity index (χ0n) is 8.60. The van der Waals surface area contributed by atoms with E-state index in [4.69, 9.17) is 11.1 Å². The van der Waals surface area contributed by atoms with Crippen LogP contribution in [-0.2, 0) is 10.0 Å². The van der Waals surface area contributed by atoms with Crippen LogP contribution in [0.4, 0.5) is 0 Å². The maximum Gasteiger partial charge on any atom is 0.212 e. The lowest BCUT2D eigenvalue weighted by Crippen LogP contribution is -2.46. The van der Waals surface area contributed by atoms with Gasteiger partial charge in [-0.2, -0.15) is 4.31 Å². The second-order valence-electron chi connectivity index (χ2n) is 4.17. The summed E-state index contributed by atoms with van der Waals surface area (Å²) in [6.07, 6.45) is 4.61. The molecule has 2 rings (SSSR count). The molecule has 0 radical (unpaired) electrons. The summed E-state index contributed by atoms with van der Waals surface area (Å²) in [6.45, 7) is 0. The normalized spacial score (nSPS) is 32.1. The average molecular weight is 229 g/mol. The molecule has 15 heavy (non-hydrogen) atoms. The van der Waals surface area contributed by atoms with E-state index in [0.29, 0.717) is 17.7 Å². The van der Waals surface area contributed by atoms with Gasteiger partial charge in [0, 0.05) is 29.9 Å².